The first kappa shape index (κ1) is 16.0. The summed E-state index contributed by atoms with van der Waals surface area (Å²) in [4.78, 5) is 15.4. The lowest BCUT2D eigenvalue weighted by Crippen LogP contribution is -2.49. The maximum absolute atomic E-state index is 10.5. The van der Waals surface area contributed by atoms with E-state index in [1.165, 1.54) is 5.69 Å². The first-order chi connectivity index (χ1) is 9.97. The van der Waals surface area contributed by atoms with Crippen LogP contribution in [0.5, 0.6) is 0 Å². The number of carboxylic acid groups (broad SMARTS) is 1. The molecule has 0 atom stereocenters. The highest BCUT2D eigenvalue weighted by Crippen LogP contribution is 2.28. The van der Waals surface area contributed by atoms with Gasteiger partial charge in [0, 0.05) is 42.8 Å². The molecule has 0 bridgehead atoms. The number of carbonyl (C=O) groups is 1. The van der Waals surface area contributed by atoms with Gasteiger partial charge in [0.25, 0.3) is 0 Å². The van der Waals surface area contributed by atoms with Gasteiger partial charge in [0.2, 0.25) is 0 Å². The number of aliphatic carboxylic acids is 1. The fraction of sp³-hybridized carbons (Fsp3) is 0.438. The third kappa shape index (κ3) is 4.32. The fourth-order valence-electron chi connectivity index (χ4n) is 2.53. The molecule has 1 aromatic rings. The molecule has 1 aliphatic rings. The predicted molar refractivity (Wildman–Crippen MR) is 89.7 cm³/mol. The van der Waals surface area contributed by atoms with E-state index in [1.54, 1.807) is 6.08 Å². The summed E-state index contributed by atoms with van der Waals surface area (Å²) in [5, 5.41) is 8.66. The van der Waals surface area contributed by atoms with Crippen molar-refractivity contribution in [3.05, 3.63) is 34.3 Å². The normalized spacial score (nSPS) is 16.9. The van der Waals surface area contributed by atoms with Gasteiger partial charge >= 0.3 is 5.97 Å². The maximum atomic E-state index is 10.5. The lowest BCUT2D eigenvalue weighted by atomic mass is 10.1. The van der Waals surface area contributed by atoms with Crippen molar-refractivity contribution < 1.29 is 9.90 Å². The molecular formula is C16H21BrN2O2. The van der Waals surface area contributed by atoms with Gasteiger partial charge in [0.15, 0.2) is 0 Å². The van der Waals surface area contributed by atoms with Crippen LogP contribution in [0.2, 0.25) is 0 Å². The van der Waals surface area contributed by atoms with Crippen molar-refractivity contribution in [1.82, 2.24) is 4.90 Å². The summed E-state index contributed by atoms with van der Waals surface area (Å²) >= 11 is 3.60. The van der Waals surface area contributed by atoms with Crippen LogP contribution < -0.4 is 4.90 Å². The second-order valence-corrected chi connectivity index (χ2v) is 6.35. The van der Waals surface area contributed by atoms with E-state index < -0.39 is 5.97 Å². The van der Waals surface area contributed by atoms with E-state index in [0.717, 1.165) is 42.3 Å². The number of benzene rings is 1. The Labute approximate surface area is 134 Å². The summed E-state index contributed by atoms with van der Waals surface area (Å²) in [6, 6.07) is 6.56. The number of nitrogens with zero attached hydrogens (tertiary/aromatic N) is 2. The molecule has 21 heavy (non-hydrogen) atoms. The van der Waals surface area contributed by atoms with Crippen molar-refractivity contribution in [3.8, 4) is 0 Å². The zero-order valence-electron chi connectivity index (χ0n) is 12.4. The third-order valence-electron chi connectivity index (χ3n) is 3.78. The molecule has 1 aromatic carbocycles. The van der Waals surface area contributed by atoms with Crippen molar-refractivity contribution in [3.63, 3.8) is 0 Å². The van der Waals surface area contributed by atoms with Crippen molar-refractivity contribution in [2.24, 2.45) is 0 Å². The molecule has 0 aromatic heterocycles. The molecule has 1 fully saturated rings. The molecule has 0 unspecified atom stereocenters. The summed E-state index contributed by atoms with van der Waals surface area (Å²) < 4.78 is 1.01. The lowest BCUT2D eigenvalue weighted by molar-refractivity contribution is -0.131. The number of hydrogen-bond donors (Lipinski definition) is 1. The molecule has 0 spiro atoms. The quantitative estimate of drug-likeness (QED) is 0.845. The van der Waals surface area contributed by atoms with Crippen molar-refractivity contribution >= 4 is 33.7 Å². The number of halogens is 1. The summed E-state index contributed by atoms with van der Waals surface area (Å²) in [6.07, 6.45) is 2.76. The van der Waals surface area contributed by atoms with Gasteiger partial charge in [0.05, 0.1) is 5.69 Å². The number of rotatable bonds is 4. The maximum Gasteiger partial charge on any atom is 0.328 e. The SMILES string of the molecule is CC(C)N1CCN(c2ccc(/C=C/C(=O)O)cc2Br)CC1. The lowest BCUT2D eigenvalue weighted by Gasteiger charge is -2.38. The van der Waals surface area contributed by atoms with E-state index in [-0.39, 0.29) is 0 Å². The highest BCUT2D eigenvalue weighted by Gasteiger charge is 2.20. The van der Waals surface area contributed by atoms with E-state index in [1.807, 2.05) is 12.1 Å². The van der Waals surface area contributed by atoms with Crippen molar-refractivity contribution in [1.29, 1.82) is 0 Å². The molecule has 0 radical (unpaired) electrons. The van der Waals surface area contributed by atoms with Crippen LogP contribution in [0.3, 0.4) is 0 Å². The van der Waals surface area contributed by atoms with Crippen LogP contribution in [0, 0.1) is 0 Å². The summed E-state index contributed by atoms with van der Waals surface area (Å²) in [5.74, 6) is -0.931. The Morgan fingerprint density at radius 1 is 1.29 bits per heavy atom. The first-order valence-electron chi connectivity index (χ1n) is 7.17. The zero-order chi connectivity index (χ0) is 15.4. The molecule has 0 amide bonds. The van der Waals surface area contributed by atoms with Crippen LogP contribution >= 0.6 is 15.9 Å². The van der Waals surface area contributed by atoms with E-state index in [9.17, 15) is 4.79 Å². The van der Waals surface area contributed by atoms with Crippen molar-refractivity contribution in [2.45, 2.75) is 19.9 Å². The largest absolute Gasteiger partial charge is 0.478 e. The molecule has 114 valence electrons. The van der Waals surface area contributed by atoms with Crippen LogP contribution in [0.4, 0.5) is 5.69 Å². The Morgan fingerprint density at radius 2 is 1.95 bits per heavy atom. The molecule has 1 saturated heterocycles. The molecule has 4 nitrogen and oxygen atoms in total. The molecule has 1 N–H and O–H groups in total. The van der Waals surface area contributed by atoms with Crippen molar-refractivity contribution in [2.75, 3.05) is 31.1 Å². The molecule has 5 heteroatoms. The minimum Gasteiger partial charge on any atom is -0.478 e. The van der Waals surface area contributed by atoms with Gasteiger partial charge in [-0.2, -0.15) is 0 Å². The Morgan fingerprint density at radius 3 is 2.48 bits per heavy atom. The van der Waals surface area contributed by atoms with Gasteiger partial charge in [-0.3, -0.25) is 4.90 Å². The summed E-state index contributed by atoms with van der Waals surface area (Å²) in [6.45, 7) is 8.64. The number of piperazine rings is 1. The van der Waals surface area contributed by atoms with Gasteiger partial charge in [0.1, 0.15) is 0 Å². The Hall–Kier alpha value is -1.33. The van der Waals surface area contributed by atoms with E-state index in [2.05, 4.69) is 45.6 Å². The van der Waals surface area contributed by atoms with Gasteiger partial charge in [-0.25, -0.2) is 4.79 Å². The smallest absolute Gasteiger partial charge is 0.328 e. The number of hydrogen-bond acceptors (Lipinski definition) is 3. The van der Waals surface area contributed by atoms with E-state index >= 15 is 0 Å². The average molecular weight is 353 g/mol. The Balaban J connectivity index is 2.06. The summed E-state index contributed by atoms with van der Waals surface area (Å²) in [5.41, 5.74) is 2.06. The van der Waals surface area contributed by atoms with E-state index in [0.29, 0.717) is 6.04 Å². The topological polar surface area (TPSA) is 43.8 Å². The number of carboxylic acids is 1. The van der Waals surface area contributed by atoms with Crippen LogP contribution in [-0.2, 0) is 4.79 Å². The minimum absolute atomic E-state index is 0.596. The standard InChI is InChI=1S/C16H21BrN2O2/c1-12(2)18-7-9-19(10-8-18)15-5-3-13(11-14(15)17)4-6-16(20)21/h3-6,11-12H,7-10H2,1-2H3,(H,20,21)/b6-4+. The average Bonchev–Trinajstić information content (AvgIpc) is 2.45. The highest BCUT2D eigenvalue weighted by atomic mass is 79.9. The van der Waals surface area contributed by atoms with Gasteiger partial charge in [-0.1, -0.05) is 6.07 Å². The molecule has 0 saturated carbocycles. The Kier molecular flexibility index (Phi) is 5.42. The van der Waals surface area contributed by atoms with Crippen LogP contribution in [0.1, 0.15) is 19.4 Å². The second-order valence-electron chi connectivity index (χ2n) is 5.50. The van der Waals surface area contributed by atoms with Crippen LogP contribution in [0.15, 0.2) is 28.7 Å². The van der Waals surface area contributed by atoms with Gasteiger partial charge in [-0.15, -0.1) is 0 Å². The predicted octanol–water partition coefficient (Wildman–Crippen LogP) is 3.08. The van der Waals surface area contributed by atoms with Gasteiger partial charge in [-0.05, 0) is 53.5 Å². The highest BCUT2D eigenvalue weighted by molar-refractivity contribution is 9.10. The Bertz CT molecular complexity index is 535. The monoisotopic (exact) mass is 352 g/mol. The molecule has 0 aliphatic carbocycles. The van der Waals surface area contributed by atoms with Crippen LogP contribution in [-0.4, -0.2) is 48.2 Å². The first-order valence-corrected chi connectivity index (χ1v) is 7.96. The van der Waals surface area contributed by atoms with E-state index in [4.69, 9.17) is 5.11 Å². The minimum atomic E-state index is -0.931. The van der Waals surface area contributed by atoms with Gasteiger partial charge < -0.3 is 10.0 Å². The molecule has 2 rings (SSSR count). The summed E-state index contributed by atoms with van der Waals surface area (Å²) in [7, 11) is 0. The third-order valence-corrected chi connectivity index (χ3v) is 4.41. The molecule has 1 aliphatic heterocycles. The number of anilines is 1. The molecule has 1 heterocycles. The zero-order valence-corrected chi connectivity index (χ0v) is 14.0. The molecular weight excluding hydrogens is 332 g/mol. The fourth-order valence-corrected chi connectivity index (χ4v) is 3.18. The van der Waals surface area contributed by atoms with Crippen LogP contribution in [0.25, 0.3) is 6.08 Å². The second kappa shape index (κ2) is 7.09.